The number of amides is 1. The van der Waals surface area contributed by atoms with Crippen molar-refractivity contribution >= 4 is 11.9 Å². The van der Waals surface area contributed by atoms with Crippen LogP contribution in [0.1, 0.15) is 39.5 Å². The second-order valence-electron chi connectivity index (χ2n) is 5.43. The van der Waals surface area contributed by atoms with E-state index in [9.17, 15) is 9.59 Å². The highest BCUT2D eigenvalue weighted by molar-refractivity contribution is 5.91. The lowest BCUT2D eigenvalue weighted by molar-refractivity contribution is -0.170. The van der Waals surface area contributed by atoms with Gasteiger partial charge in [-0.05, 0) is 38.5 Å². The van der Waals surface area contributed by atoms with Gasteiger partial charge in [0.25, 0.3) is 0 Å². The van der Waals surface area contributed by atoms with Gasteiger partial charge in [0.15, 0.2) is 0 Å². The van der Waals surface area contributed by atoms with Crippen LogP contribution in [0.3, 0.4) is 0 Å². The van der Waals surface area contributed by atoms with Crippen LogP contribution in [-0.4, -0.2) is 36.5 Å². The molecule has 1 heterocycles. The number of carbonyl (C=O) groups excluding carboxylic acids is 2. The number of β-lactam (4-membered cyclic amide) rings is 1. The Bertz CT molecular complexity index is 319. The number of likely N-dealkylation sites (tertiary alicyclic amines) is 1. The summed E-state index contributed by atoms with van der Waals surface area (Å²) in [5, 5.41) is 0. The quantitative estimate of drug-likeness (QED) is 0.555. The standard InChI is InChI=1S/C13H21NO3/c1-3-17-11(15)8-14-9-13(12(14)16)6-4-10(2)5-7-13/h10H,3-9H2,1-2H3. The summed E-state index contributed by atoms with van der Waals surface area (Å²) in [6.07, 6.45) is 4.26. The predicted octanol–water partition coefficient (Wildman–Crippen LogP) is 1.59. The first-order valence-electron chi connectivity index (χ1n) is 6.52. The number of rotatable bonds is 3. The Labute approximate surface area is 102 Å². The highest BCUT2D eigenvalue weighted by atomic mass is 16.5. The minimum atomic E-state index is -0.292. The third-order valence-corrected chi connectivity index (χ3v) is 4.09. The van der Waals surface area contributed by atoms with Crippen LogP contribution in [0.15, 0.2) is 0 Å². The van der Waals surface area contributed by atoms with Gasteiger partial charge in [0.05, 0.1) is 12.0 Å². The normalized spacial score (nSPS) is 32.5. The van der Waals surface area contributed by atoms with Gasteiger partial charge in [0.1, 0.15) is 6.54 Å². The number of nitrogens with zero attached hydrogens (tertiary/aromatic N) is 1. The van der Waals surface area contributed by atoms with Crippen molar-refractivity contribution in [2.75, 3.05) is 19.7 Å². The molecule has 0 bridgehead atoms. The monoisotopic (exact) mass is 239 g/mol. The van der Waals surface area contributed by atoms with Crippen molar-refractivity contribution < 1.29 is 14.3 Å². The maximum Gasteiger partial charge on any atom is 0.325 e. The van der Waals surface area contributed by atoms with Crippen LogP contribution in [0.4, 0.5) is 0 Å². The smallest absolute Gasteiger partial charge is 0.325 e. The van der Waals surface area contributed by atoms with E-state index in [1.807, 2.05) is 0 Å². The lowest BCUT2D eigenvalue weighted by atomic mass is 9.65. The summed E-state index contributed by atoms with van der Waals surface area (Å²) in [7, 11) is 0. The molecule has 0 aromatic heterocycles. The van der Waals surface area contributed by atoms with E-state index in [4.69, 9.17) is 4.74 Å². The lowest BCUT2D eigenvalue weighted by Crippen LogP contribution is -2.63. The van der Waals surface area contributed by atoms with Gasteiger partial charge in [0, 0.05) is 6.54 Å². The van der Waals surface area contributed by atoms with Crippen LogP contribution in [0, 0.1) is 11.3 Å². The summed E-state index contributed by atoms with van der Waals surface area (Å²) in [6.45, 7) is 5.27. The zero-order valence-corrected chi connectivity index (χ0v) is 10.7. The van der Waals surface area contributed by atoms with E-state index in [2.05, 4.69) is 6.92 Å². The minimum absolute atomic E-state index is 0.126. The molecule has 2 fully saturated rings. The van der Waals surface area contributed by atoms with E-state index in [-0.39, 0.29) is 23.8 Å². The molecule has 0 aromatic carbocycles. The SMILES string of the molecule is CCOC(=O)CN1CC2(CCC(C)CC2)C1=O. The minimum Gasteiger partial charge on any atom is -0.465 e. The molecule has 17 heavy (non-hydrogen) atoms. The molecule has 0 radical (unpaired) electrons. The Balaban J connectivity index is 1.84. The fraction of sp³-hybridized carbons (Fsp3) is 0.846. The molecule has 0 atom stereocenters. The lowest BCUT2D eigenvalue weighted by Gasteiger charge is -2.51. The zero-order chi connectivity index (χ0) is 12.5. The van der Waals surface area contributed by atoms with Crippen molar-refractivity contribution in [3.05, 3.63) is 0 Å². The molecule has 1 amide bonds. The van der Waals surface area contributed by atoms with Crippen LogP contribution >= 0.6 is 0 Å². The van der Waals surface area contributed by atoms with Gasteiger partial charge in [-0.3, -0.25) is 9.59 Å². The molecule has 4 nitrogen and oxygen atoms in total. The number of hydrogen-bond acceptors (Lipinski definition) is 3. The second kappa shape index (κ2) is 4.67. The molecule has 4 heteroatoms. The molecular weight excluding hydrogens is 218 g/mol. The van der Waals surface area contributed by atoms with E-state index >= 15 is 0 Å². The van der Waals surface area contributed by atoms with Gasteiger partial charge in [-0.2, -0.15) is 0 Å². The maximum absolute atomic E-state index is 12.1. The van der Waals surface area contributed by atoms with Gasteiger partial charge in [-0.1, -0.05) is 6.92 Å². The van der Waals surface area contributed by atoms with Crippen LogP contribution in [0.25, 0.3) is 0 Å². The Morgan fingerprint density at radius 1 is 1.47 bits per heavy atom. The number of hydrogen-bond donors (Lipinski definition) is 0. The predicted molar refractivity (Wildman–Crippen MR) is 63.3 cm³/mol. The Kier molecular flexibility index (Phi) is 3.40. The van der Waals surface area contributed by atoms with Crippen LogP contribution in [0.5, 0.6) is 0 Å². The van der Waals surface area contributed by atoms with Crippen molar-refractivity contribution in [2.45, 2.75) is 39.5 Å². The van der Waals surface area contributed by atoms with Gasteiger partial charge < -0.3 is 9.64 Å². The third-order valence-electron chi connectivity index (χ3n) is 4.09. The summed E-state index contributed by atoms with van der Waals surface area (Å²) in [5.41, 5.74) is -0.126. The molecule has 1 saturated carbocycles. The Morgan fingerprint density at radius 2 is 2.12 bits per heavy atom. The van der Waals surface area contributed by atoms with E-state index in [0.717, 1.165) is 38.1 Å². The summed E-state index contributed by atoms with van der Waals surface area (Å²) >= 11 is 0. The molecule has 96 valence electrons. The first kappa shape index (κ1) is 12.4. The average molecular weight is 239 g/mol. The fourth-order valence-corrected chi connectivity index (χ4v) is 2.93. The highest BCUT2D eigenvalue weighted by Crippen LogP contribution is 2.46. The first-order chi connectivity index (χ1) is 8.07. The van der Waals surface area contributed by atoms with Crippen LogP contribution in [0.2, 0.25) is 0 Å². The molecule has 1 spiro atoms. The summed E-state index contributed by atoms with van der Waals surface area (Å²) in [5.74, 6) is 0.616. The van der Waals surface area contributed by atoms with Crippen molar-refractivity contribution in [1.82, 2.24) is 4.90 Å². The van der Waals surface area contributed by atoms with E-state index in [1.54, 1.807) is 11.8 Å². The van der Waals surface area contributed by atoms with Crippen molar-refractivity contribution in [2.24, 2.45) is 11.3 Å². The maximum atomic E-state index is 12.1. The first-order valence-corrected chi connectivity index (χ1v) is 6.52. The number of esters is 1. The van der Waals surface area contributed by atoms with E-state index in [0.29, 0.717) is 6.61 Å². The topological polar surface area (TPSA) is 46.6 Å². The highest BCUT2D eigenvalue weighted by Gasteiger charge is 2.52. The molecule has 0 unspecified atom stereocenters. The van der Waals surface area contributed by atoms with E-state index in [1.165, 1.54) is 0 Å². The van der Waals surface area contributed by atoms with Crippen LogP contribution in [-0.2, 0) is 14.3 Å². The Hall–Kier alpha value is -1.06. The van der Waals surface area contributed by atoms with Gasteiger partial charge in [-0.15, -0.1) is 0 Å². The van der Waals surface area contributed by atoms with Crippen molar-refractivity contribution in [3.63, 3.8) is 0 Å². The van der Waals surface area contributed by atoms with Gasteiger partial charge in [0.2, 0.25) is 5.91 Å². The van der Waals surface area contributed by atoms with Crippen molar-refractivity contribution in [3.8, 4) is 0 Å². The molecule has 0 aromatic rings. The summed E-state index contributed by atoms with van der Waals surface area (Å²) in [6, 6.07) is 0. The molecule has 1 aliphatic heterocycles. The summed E-state index contributed by atoms with van der Waals surface area (Å²) in [4.78, 5) is 25.0. The summed E-state index contributed by atoms with van der Waals surface area (Å²) < 4.78 is 4.86. The fourth-order valence-electron chi connectivity index (χ4n) is 2.93. The molecular formula is C13H21NO3. The number of ether oxygens (including phenoxy) is 1. The zero-order valence-electron chi connectivity index (χ0n) is 10.7. The molecule has 2 rings (SSSR count). The largest absolute Gasteiger partial charge is 0.465 e. The van der Waals surface area contributed by atoms with Gasteiger partial charge >= 0.3 is 5.97 Å². The molecule has 1 aliphatic carbocycles. The number of carbonyl (C=O) groups is 2. The third kappa shape index (κ3) is 2.31. The molecule has 1 saturated heterocycles. The molecule has 0 N–H and O–H groups in total. The van der Waals surface area contributed by atoms with Crippen molar-refractivity contribution in [1.29, 1.82) is 0 Å². The molecule has 2 aliphatic rings. The second-order valence-corrected chi connectivity index (χ2v) is 5.43. The van der Waals surface area contributed by atoms with Gasteiger partial charge in [-0.25, -0.2) is 0 Å². The Morgan fingerprint density at radius 3 is 2.65 bits per heavy atom. The average Bonchev–Trinajstić information content (AvgIpc) is 2.31. The van der Waals surface area contributed by atoms with Crippen LogP contribution < -0.4 is 0 Å². The van der Waals surface area contributed by atoms with E-state index < -0.39 is 0 Å².